The molecule has 2 aromatic rings. The summed E-state index contributed by atoms with van der Waals surface area (Å²) in [5.74, 6) is -4.56. The molecule has 0 radical (unpaired) electrons. The van der Waals surface area contributed by atoms with Crippen molar-refractivity contribution in [1.82, 2.24) is 15.3 Å². The summed E-state index contributed by atoms with van der Waals surface area (Å²) < 4.78 is 73.4. The Morgan fingerprint density at radius 3 is 2.38 bits per heavy atom. The summed E-state index contributed by atoms with van der Waals surface area (Å²) in [7, 11) is 0. The Balaban J connectivity index is 1.63. The van der Waals surface area contributed by atoms with Crippen LogP contribution in [0.15, 0.2) is 36.8 Å². The average Bonchev–Trinajstić information content (AvgIpc) is 3.09. The third-order valence-electron chi connectivity index (χ3n) is 4.90. The molecule has 156 valence electrons. The number of ether oxygens (including phenoxy) is 1. The smallest absolute Gasteiger partial charge is 0.457 e. The van der Waals surface area contributed by atoms with Crippen LogP contribution in [-0.4, -0.2) is 47.4 Å². The molecule has 6 nitrogen and oxygen atoms in total. The average molecular weight is 415 g/mol. The summed E-state index contributed by atoms with van der Waals surface area (Å²) in [4.78, 5) is 8.42. The van der Waals surface area contributed by atoms with Gasteiger partial charge in [0.2, 0.25) is 0 Å². The van der Waals surface area contributed by atoms with Gasteiger partial charge in [-0.3, -0.25) is 4.90 Å². The normalized spacial score (nSPS) is 20.3. The fraction of sp³-hybridized carbons (Fsp3) is 0.444. The van der Waals surface area contributed by atoms with Gasteiger partial charge in [-0.1, -0.05) is 0 Å². The Hall–Kier alpha value is -2.69. The van der Waals surface area contributed by atoms with E-state index in [1.165, 1.54) is 12.1 Å². The van der Waals surface area contributed by atoms with E-state index in [0.29, 0.717) is 5.75 Å². The van der Waals surface area contributed by atoms with Gasteiger partial charge < -0.3 is 15.4 Å². The molecule has 1 unspecified atom stereocenters. The van der Waals surface area contributed by atoms with Crippen LogP contribution in [0.3, 0.4) is 0 Å². The second-order valence-electron chi connectivity index (χ2n) is 6.86. The van der Waals surface area contributed by atoms with Crippen molar-refractivity contribution >= 4 is 17.2 Å². The molecule has 2 aliphatic heterocycles. The van der Waals surface area contributed by atoms with Gasteiger partial charge >= 0.3 is 12.1 Å². The van der Waals surface area contributed by atoms with E-state index in [1.54, 1.807) is 12.1 Å². The van der Waals surface area contributed by atoms with Gasteiger partial charge in [0.05, 0.1) is 11.9 Å². The van der Waals surface area contributed by atoms with Crippen molar-refractivity contribution in [3.8, 4) is 5.75 Å². The molecule has 1 atom stereocenters. The molecule has 4 rings (SSSR count). The third-order valence-corrected chi connectivity index (χ3v) is 4.90. The zero-order valence-corrected chi connectivity index (χ0v) is 15.1. The largest absolute Gasteiger partial charge is 0.490 e. The van der Waals surface area contributed by atoms with Gasteiger partial charge in [0.25, 0.3) is 0 Å². The number of hydrogen-bond acceptors (Lipinski definition) is 6. The summed E-state index contributed by atoms with van der Waals surface area (Å²) in [6.07, 6.45) is -4.16. The summed E-state index contributed by atoms with van der Waals surface area (Å²) in [5.41, 5.74) is 0.123. The molecule has 1 fully saturated rings. The van der Waals surface area contributed by atoms with E-state index in [2.05, 4.69) is 20.6 Å². The molecule has 2 N–H and O–H groups in total. The predicted octanol–water partition coefficient (Wildman–Crippen LogP) is 3.69. The summed E-state index contributed by atoms with van der Waals surface area (Å²) in [6, 6.07) is 5.99. The maximum Gasteiger partial charge on any atom is 0.457 e. The first kappa shape index (κ1) is 19.6. The van der Waals surface area contributed by atoms with Gasteiger partial charge in [0.15, 0.2) is 12.0 Å². The van der Waals surface area contributed by atoms with Gasteiger partial charge in [-0.05, 0) is 50.2 Å². The highest BCUT2D eigenvalue weighted by Crippen LogP contribution is 2.48. The lowest BCUT2D eigenvalue weighted by molar-refractivity contribution is -0.286. The number of hydrogen-bond donors (Lipinski definition) is 2. The Kier molecular flexibility index (Phi) is 4.93. The summed E-state index contributed by atoms with van der Waals surface area (Å²) in [5, 5.41) is 5.42. The molecule has 0 aliphatic carbocycles. The number of alkyl halides is 5. The molecule has 1 aromatic carbocycles. The van der Waals surface area contributed by atoms with Crippen molar-refractivity contribution < 1.29 is 26.7 Å². The zero-order valence-electron chi connectivity index (χ0n) is 15.1. The van der Waals surface area contributed by atoms with E-state index in [-0.39, 0.29) is 23.3 Å². The van der Waals surface area contributed by atoms with E-state index in [9.17, 15) is 22.0 Å². The minimum Gasteiger partial charge on any atom is -0.490 e. The maximum absolute atomic E-state index is 14.2. The number of rotatable bonds is 4. The topological polar surface area (TPSA) is 62.3 Å². The number of piperidine rings is 1. The van der Waals surface area contributed by atoms with Crippen molar-refractivity contribution in [2.75, 3.05) is 23.3 Å². The van der Waals surface area contributed by atoms with Crippen LogP contribution < -0.4 is 20.3 Å². The lowest BCUT2D eigenvalue weighted by Gasteiger charge is -2.33. The first-order chi connectivity index (χ1) is 13.8. The minimum absolute atomic E-state index is 0.00328. The van der Waals surface area contributed by atoms with Crippen molar-refractivity contribution in [3.63, 3.8) is 0 Å². The molecule has 0 spiro atoms. The van der Waals surface area contributed by atoms with E-state index in [1.807, 2.05) is 0 Å². The van der Waals surface area contributed by atoms with Crippen LogP contribution in [0.5, 0.6) is 5.75 Å². The lowest BCUT2D eigenvalue weighted by atomic mass is 10.1. The number of anilines is 3. The van der Waals surface area contributed by atoms with Crippen LogP contribution in [-0.2, 0) is 0 Å². The first-order valence-electron chi connectivity index (χ1n) is 9.05. The molecule has 0 saturated carbocycles. The van der Waals surface area contributed by atoms with Crippen molar-refractivity contribution in [1.29, 1.82) is 0 Å². The molecule has 1 saturated heterocycles. The maximum atomic E-state index is 14.2. The highest BCUT2D eigenvalue weighted by Gasteiger charge is 2.66. The Bertz CT molecular complexity index is 854. The van der Waals surface area contributed by atoms with Gasteiger partial charge in [-0.25, -0.2) is 9.97 Å². The zero-order chi connectivity index (χ0) is 20.6. The number of benzene rings is 1. The second kappa shape index (κ2) is 7.29. The van der Waals surface area contributed by atoms with E-state index >= 15 is 0 Å². The molecule has 3 heterocycles. The molecular weight excluding hydrogens is 397 g/mol. The number of nitrogens with one attached hydrogen (secondary N) is 2. The van der Waals surface area contributed by atoms with Crippen LogP contribution in [0.2, 0.25) is 0 Å². The molecule has 29 heavy (non-hydrogen) atoms. The first-order valence-corrected chi connectivity index (χ1v) is 9.05. The number of fused-ring (bicyclic) bond motifs is 1. The van der Waals surface area contributed by atoms with Crippen LogP contribution >= 0.6 is 0 Å². The third kappa shape index (κ3) is 3.66. The highest BCUT2D eigenvalue weighted by molar-refractivity contribution is 5.79. The Morgan fingerprint density at radius 2 is 1.72 bits per heavy atom. The Labute approximate surface area is 163 Å². The summed E-state index contributed by atoms with van der Waals surface area (Å²) >= 11 is 0. The van der Waals surface area contributed by atoms with Crippen molar-refractivity contribution in [3.05, 3.63) is 36.8 Å². The quantitative estimate of drug-likeness (QED) is 0.743. The molecule has 2 aliphatic rings. The van der Waals surface area contributed by atoms with Crippen molar-refractivity contribution in [2.45, 2.75) is 37.2 Å². The van der Waals surface area contributed by atoms with Gasteiger partial charge in [-0.2, -0.15) is 22.0 Å². The fourth-order valence-corrected chi connectivity index (χ4v) is 3.42. The van der Waals surface area contributed by atoms with Crippen LogP contribution in [0, 0.1) is 0 Å². The number of halogens is 5. The summed E-state index contributed by atoms with van der Waals surface area (Å²) in [6.45, 7) is 1.68. The molecule has 1 aromatic heterocycles. The van der Waals surface area contributed by atoms with Crippen LogP contribution in [0.4, 0.5) is 39.1 Å². The number of nitrogens with zero attached hydrogens (tertiary/aromatic N) is 3. The number of aromatic nitrogens is 2. The van der Waals surface area contributed by atoms with Gasteiger partial charge in [-0.15, -0.1) is 0 Å². The van der Waals surface area contributed by atoms with E-state index < -0.39 is 18.3 Å². The van der Waals surface area contributed by atoms with Crippen LogP contribution in [0.1, 0.15) is 12.8 Å². The minimum atomic E-state index is -5.74. The van der Waals surface area contributed by atoms with Crippen LogP contribution in [0.25, 0.3) is 0 Å². The predicted molar refractivity (Wildman–Crippen MR) is 95.5 cm³/mol. The SMILES string of the molecule is FC(F)(F)C(F)(F)C1Nc2cncnc2N1c1ccc(OC2CCNCC2)cc1. The molecule has 0 bridgehead atoms. The van der Waals surface area contributed by atoms with E-state index in [4.69, 9.17) is 4.74 Å². The highest BCUT2D eigenvalue weighted by atomic mass is 19.4. The molecule has 0 amide bonds. The lowest BCUT2D eigenvalue weighted by Crippen LogP contribution is -2.55. The van der Waals surface area contributed by atoms with E-state index in [0.717, 1.165) is 43.4 Å². The second-order valence-corrected chi connectivity index (χ2v) is 6.86. The monoisotopic (exact) mass is 415 g/mol. The van der Waals surface area contributed by atoms with Crippen molar-refractivity contribution in [2.24, 2.45) is 0 Å². The van der Waals surface area contributed by atoms with Gasteiger partial charge in [0.1, 0.15) is 18.2 Å². The Morgan fingerprint density at radius 1 is 1.03 bits per heavy atom. The fourth-order valence-electron chi connectivity index (χ4n) is 3.42. The standard InChI is InChI=1S/C18H18F5N5O/c19-17(20,18(21,22)23)16-27-14-9-25-10-26-15(14)28(16)11-1-3-12(4-2-11)29-13-5-7-24-8-6-13/h1-4,9-10,13,16,24,27H,5-8H2. The van der Waals surface area contributed by atoms with Gasteiger partial charge in [0, 0.05) is 5.69 Å². The molecule has 11 heteroatoms. The molecular formula is C18H18F5N5O.